The Bertz CT molecular complexity index is 636. The molecule has 0 radical (unpaired) electrons. The predicted molar refractivity (Wildman–Crippen MR) is 99.4 cm³/mol. The van der Waals surface area contributed by atoms with Crippen molar-refractivity contribution in [2.75, 3.05) is 33.2 Å². The van der Waals surface area contributed by atoms with E-state index in [1.54, 1.807) is 6.07 Å². The number of aliphatic imine (C=N–C) groups is 1. The zero-order valence-corrected chi connectivity index (χ0v) is 15.1. The molecule has 0 spiro atoms. The van der Waals surface area contributed by atoms with Gasteiger partial charge in [-0.1, -0.05) is 12.1 Å². The number of nitrogens with one attached hydrogen (secondary N) is 2. The van der Waals surface area contributed by atoms with E-state index in [4.69, 9.17) is 0 Å². The highest BCUT2D eigenvalue weighted by molar-refractivity contribution is 5.79. The van der Waals surface area contributed by atoms with Crippen molar-refractivity contribution in [2.24, 2.45) is 10.9 Å². The molecule has 1 aromatic carbocycles. The standard InChI is InChI=1S/C20H29FN4/c1-22-19(23-12-15-7-10-25(13-15)18-5-6-18)24-14-20(8-9-20)16-3-2-4-17(21)11-16/h2-4,11,15,18H,5-10,12-14H2,1H3,(H2,22,23,24). The lowest BCUT2D eigenvalue weighted by molar-refractivity contribution is 0.314. The molecule has 2 aliphatic carbocycles. The van der Waals surface area contributed by atoms with E-state index >= 15 is 0 Å². The van der Waals surface area contributed by atoms with Gasteiger partial charge in [-0.05, 0) is 62.3 Å². The van der Waals surface area contributed by atoms with E-state index in [2.05, 4.69) is 20.5 Å². The maximum atomic E-state index is 13.5. The molecule has 0 aromatic heterocycles. The molecule has 3 fully saturated rings. The predicted octanol–water partition coefficient (Wildman–Crippen LogP) is 2.51. The second-order valence-corrected chi connectivity index (χ2v) is 7.98. The Kier molecular flexibility index (Phi) is 4.67. The highest BCUT2D eigenvalue weighted by Crippen LogP contribution is 2.47. The van der Waals surface area contributed by atoms with Gasteiger partial charge in [-0.3, -0.25) is 4.99 Å². The average molecular weight is 344 g/mol. The van der Waals surface area contributed by atoms with E-state index < -0.39 is 0 Å². The summed E-state index contributed by atoms with van der Waals surface area (Å²) in [6.45, 7) is 4.28. The minimum atomic E-state index is -0.146. The summed E-state index contributed by atoms with van der Waals surface area (Å²) in [7, 11) is 1.82. The van der Waals surface area contributed by atoms with Crippen molar-refractivity contribution < 1.29 is 4.39 Å². The van der Waals surface area contributed by atoms with Gasteiger partial charge in [0.25, 0.3) is 0 Å². The van der Waals surface area contributed by atoms with Gasteiger partial charge < -0.3 is 15.5 Å². The minimum absolute atomic E-state index is 0.0792. The Morgan fingerprint density at radius 3 is 2.80 bits per heavy atom. The van der Waals surface area contributed by atoms with Crippen LogP contribution < -0.4 is 10.6 Å². The number of hydrogen-bond acceptors (Lipinski definition) is 2. The Balaban J connectivity index is 1.25. The molecule has 1 heterocycles. The fourth-order valence-electron chi connectivity index (χ4n) is 4.05. The van der Waals surface area contributed by atoms with Crippen LogP contribution in [-0.2, 0) is 5.41 Å². The first-order valence-corrected chi connectivity index (χ1v) is 9.63. The number of halogens is 1. The Hall–Kier alpha value is -1.62. The van der Waals surface area contributed by atoms with Crippen molar-refractivity contribution in [1.29, 1.82) is 0 Å². The summed E-state index contributed by atoms with van der Waals surface area (Å²) in [5.41, 5.74) is 1.18. The fraction of sp³-hybridized carbons (Fsp3) is 0.650. The lowest BCUT2D eigenvalue weighted by Crippen LogP contribution is -2.43. The van der Waals surface area contributed by atoms with E-state index in [1.165, 1.54) is 38.4 Å². The largest absolute Gasteiger partial charge is 0.356 e. The van der Waals surface area contributed by atoms with Gasteiger partial charge in [-0.15, -0.1) is 0 Å². The topological polar surface area (TPSA) is 39.7 Å². The van der Waals surface area contributed by atoms with Crippen LogP contribution in [0.15, 0.2) is 29.3 Å². The van der Waals surface area contributed by atoms with Gasteiger partial charge in [0, 0.05) is 38.1 Å². The third kappa shape index (κ3) is 3.97. The van der Waals surface area contributed by atoms with Gasteiger partial charge in [-0.2, -0.15) is 0 Å². The molecule has 136 valence electrons. The third-order valence-electron chi connectivity index (χ3n) is 6.05. The van der Waals surface area contributed by atoms with Gasteiger partial charge in [0.05, 0.1) is 0 Å². The van der Waals surface area contributed by atoms with Gasteiger partial charge in [0.2, 0.25) is 0 Å². The van der Waals surface area contributed by atoms with Crippen LogP contribution in [0.25, 0.3) is 0 Å². The zero-order chi connectivity index (χ0) is 17.3. The van der Waals surface area contributed by atoms with Crippen LogP contribution in [0.4, 0.5) is 4.39 Å². The van der Waals surface area contributed by atoms with Crippen LogP contribution in [0.2, 0.25) is 0 Å². The van der Waals surface area contributed by atoms with E-state index in [0.717, 1.165) is 49.4 Å². The first-order valence-electron chi connectivity index (χ1n) is 9.63. The van der Waals surface area contributed by atoms with Crippen molar-refractivity contribution in [3.63, 3.8) is 0 Å². The van der Waals surface area contributed by atoms with Crippen LogP contribution in [0.1, 0.15) is 37.7 Å². The van der Waals surface area contributed by atoms with Crippen LogP contribution in [0.3, 0.4) is 0 Å². The molecule has 25 heavy (non-hydrogen) atoms. The molecule has 1 atom stereocenters. The lowest BCUT2D eigenvalue weighted by Gasteiger charge is -2.20. The SMILES string of the molecule is CN=C(NCC1CCN(C2CC2)C1)NCC1(c2cccc(F)c2)CC1. The summed E-state index contributed by atoms with van der Waals surface area (Å²) in [5.74, 6) is 1.44. The van der Waals surface area contributed by atoms with Crippen molar-refractivity contribution in [2.45, 2.75) is 43.6 Å². The number of benzene rings is 1. The summed E-state index contributed by atoms with van der Waals surface area (Å²) >= 11 is 0. The molecule has 5 heteroatoms. The number of guanidine groups is 1. The summed E-state index contributed by atoms with van der Waals surface area (Å²) in [4.78, 5) is 7.01. The van der Waals surface area contributed by atoms with Gasteiger partial charge in [0.1, 0.15) is 5.82 Å². The van der Waals surface area contributed by atoms with Crippen molar-refractivity contribution in [3.8, 4) is 0 Å². The maximum Gasteiger partial charge on any atom is 0.191 e. The molecule has 1 unspecified atom stereocenters. The summed E-state index contributed by atoms with van der Waals surface area (Å²) in [6.07, 6.45) is 6.30. The average Bonchev–Trinajstić information content (AvgIpc) is 3.55. The van der Waals surface area contributed by atoms with Crippen LogP contribution in [0, 0.1) is 11.7 Å². The smallest absolute Gasteiger partial charge is 0.191 e. The summed E-state index contributed by atoms with van der Waals surface area (Å²) in [6, 6.07) is 7.92. The van der Waals surface area contributed by atoms with Crippen LogP contribution in [0.5, 0.6) is 0 Å². The van der Waals surface area contributed by atoms with E-state index in [-0.39, 0.29) is 11.2 Å². The van der Waals surface area contributed by atoms with Gasteiger partial charge >= 0.3 is 0 Å². The van der Waals surface area contributed by atoms with E-state index in [0.29, 0.717) is 0 Å². The molecule has 4 rings (SSSR count). The lowest BCUT2D eigenvalue weighted by atomic mass is 9.96. The summed E-state index contributed by atoms with van der Waals surface area (Å²) < 4.78 is 13.5. The molecule has 2 saturated carbocycles. The highest BCUT2D eigenvalue weighted by Gasteiger charge is 2.44. The molecule has 3 aliphatic rings. The second kappa shape index (κ2) is 6.94. The minimum Gasteiger partial charge on any atom is -0.356 e. The summed E-state index contributed by atoms with van der Waals surface area (Å²) in [5, 5.41) is 6.96. The third-order valence-corrected chi connectivity index (χ3v) is 6.05. The zero-order valence-electron chi connectivity index (χ0n) is 15.1. The molecule has 1 aliphatic heterocycles. The number of likely N-dealkylation sites (tertiary alicyclic amines) is 1. The Morgan fingerprint density at radius 2 is 2.12 bits per heavy atom. The Morgan fingerprint density at radius 1 is 1.28 bits per heavy atom. The van der Waals surface area contributed by atoms with Crippen molar-refractivity contribution in [1.82, 2.24) is 15.5 Å². The molecular weight excluding hydrogens is 315 g/mol. The first-order chi connectivity index (χ1) is 12.2. The molecular formula is C20H29FN4. The maximum absolute atomic E-state index is 13.5. The molecule has 1 aromatic rings. The fourth-order valence-corrected chi connectivity index (χ4v) is 4.05. The monoisotopic (exact) mass is 344 g/mol. The van der Waals surface area contributed by atoms with E-state index in [9.17, 15) is 4.39 Å². The second-order valence-electron chi connectivity index (χ2n) is 7.98. The van der Waals surface area contributed by atoms with Crippen molar-refractivity contribution >= 4 is 5.96 Å². The number of hydrogen-bond donors (Lipinski definition) is 2. The number of rotatable bonds is 6. The molecule has 0 amide bonds. The van der Waals surface area contributed by atoms with Crippen LogP contribution in [-0.4, -0.2) is 50.1 Å². The van der Waals surface area contributed by atoms with Gasteiger partial charge in [0.15, 0.2) is 5.96 Å². The highest BCUT2D eigenvalue weighted by atomic mass is 19.1. The number of nitrogens with zero attached hydrogens (tertiary/aromatic N) is 2. The normalized spacial score (nSPS) is 25.8. The molecule has 4 nitrogen and oxygen atoms in total. The Labute approximate surface area is 149 Å². The van der Waals surface area contributed by atoms with Crippen LogP contribution >= 0.6 is 0 Å². The molecule has 2 N–H and O–H groups in total. The van der Waals surface area contributed by atoms with Crippen molar-refractivity contribution in [3.05, 3.63) is 35.6 Å². The molecule has 1 saturated heterocycles. The van der Waals surface area contributed by atoms with Gasteiger partial charge in [-0.25, -0.2) is 4.39 Å². The van der Waals surface area contributed by atoms with E-state index in [1.807, 2.05) is 19.2 Å². The quantitative estimate of drug-likeness (QED) is 0.615. The molecule has 0 bridgehead atoms. The first kappa shape index (κ1) is 16.8.